The van der Waals surface area contributed by atoms with E-state index in [0.717, 1.165) is 36.6 Å². The van der Waals surface area contributed by atoms with Crippen LogP contribution in [-0.4, -0.2) is 45.0 Å². The number of H-pyrrole nitrogens is 1. The lowest BCUT2D eigenvalue weighted by molar-refractivity contribution is 0.100. The van der Waals surface area contributed by atoms with Crippen molar-refractivity contribution in [3.63, 3.8) is 0 Å². The number of hydrogen-bond acceptors (Lipinski definition) is 3. The van der Waals surface area contributed by atoms with Crippen LogP contribution in [0.5, 0.6) is 0 Å². The highest BCUT2D eigenvalue weighted by Crippen LogP contribution is 2.39. The van der Waals surface area contributed by atoms with Gasteiger partial charge in [-0.2, -0.15) is 5.10 Å². The van der Waals surface area contributed by atoms with Crippen molar-refractivity contribution in [1.82, 2.24) is 19.5 Å². The van der Waals surface area contributed by atoms with Gasteiger partial charge in [-0.05, 0) is 43.9 Å². The van der Waals surface area contributed by atoms with E-state index in [-0.39, 0.29) is 11.0 Å². The smallest absolute Gasteiger partial charge is 0.251 e. The minimum absolute atomic E-state index is 0.0110. The molecule has 3 aromatic rings. The fourth-order valence-corrected chi connectivity index (χ4v) is 4.42. The molecule has 7 heteroatoms. The van der Waals surface area contributed by atoms with E-state index in [9.17, 15) is 9.18 Å². The number of primary amides is 1. The van der Waals surface area contributed by atoms with Gasteiger partial charge in [0.1, 0.15) is 17.0 Å². The number of likely N-dealkylation sites (tertiary alicyclic amines) is 1. The summed E-state index contributed by atoms with van der Waals surface area (Å²) in [6.07, 6.45) is 5.65. The second kappa shape index (κ2) is 5.30. The molecule has 0 spiro atoms. The molecule has 26 heavy (non-hydrogen) atoms. The largest absolute Gasteiger partial charge is 0.366 e. The summed E-state index contributed by atoms with van der Waals surface area (Å²) in [5.74, 6) is -0.270. The molecule has 1 saturated heterocycles. The Labute approximate surface area is 150 Å². The van der Waals surface area contributed by atoms with E-state index in [4.69, 9.17) is 5.73 Å². The monoisotopic (exact) mass is 355 g/mol. The van der Waals surface area contributed by atoms with Gasteiger partial charge in [0.15, 0.2) is 0 Å². The molecule has 0 radical (unpaired) electrons. The lowest BCUT2D eigenvalue weighted by Crippen LogP contribution is -2.29. The van der Waals surface area contributed by atoms with Gasteiger partial charge in [-0.1, -0.05) is 6.92 Å². The molecule has 0 bridgehead atoms. The number of nitrogens with zero attached hydrogens (tertiary/aromatic N) is 3. The highest BCUT2D eigenvalue weighted by Gasteiger charge is 2.39. The maximum Gasteiger partial charge on any atom is 0.251 e. The van der Waals surface area contributed by atoms with Crippen LogP contribution < -0.4 is 5.73 Å². The number of hydrogen-bond donors (Lipinski definition) is 2. The molecule has 1 saturated carbocycles. The highest BCUT2D eigenvalue weighted by atomic mass is 19.1. The van der Waals surface area contributed by atoms with E-state index in [1.165, 1.54) is 31.5 Å². The molecule has 1 unspecified atom stereocenters. The Bertz CT molecular complexity index is 1030. The fraction of sp³-hybridized carbons (Fsp3) is 0.474. The molecular formula is C19H22FN5O. The predicted octanol–water partition coefficient (Wildman–Crippen LogP) is 2.43. The number of aromatic nitrogens is 3. The average molecular weight is 355 g/mol. The first-order chi connectivity index (χ1) is 12.4. The van der Waals surface area contributed by atoms with Crippen molar-refractivity contribution in [2.45, 2.75) is 31.6 Å². The second-order valence-corrected chi connectivity index (χ2v) is 8.15. The van der Waals surface area contributed by atoms with Crippen molar-refractivity contribution < 1.29 is 9.18 Å². The molecule has 2 fully saturated rings. The van der Waals surface area contributed by atoms with Crippen molar-refractivity contribution in [2.24, 2.45) is 11.7 Å². The van der Waals surface area contributed by atoms with Crippen LogP contribution in [0.15, 0.2) is 18.3 Å². The third kappa shape index (κ3) is 2.34. The van der Waals surface area contributed by atoms with Gasteiger partial charge in [-0.25, -0.2) is 8.91 Å². The van der Waals surface area contributed by atoms with Crippen LogP contribution >= 0.6 is 0 Å². The van der Waals surface area contributed by atoms with Gasteiger partial charge in [-0.15, -0.1) is 0 Å². The Kier molecular flexibility index (Phi) is 3.22. The van der Waals surface area contributed by atoms with Crippen LogP contribution in [0.4, 0.5) is 4.39 Å². The number of carbonyl (C=O) groups is 1. The number of benzene rings is 1. The number of nitrogens with two attached hydrogens (primary N) is 1. The van der Waals surface area contributed by atoms with E-state index < -0.39 is 11.7 Å². The van der Waals surface area contributed by atoms with Gasteiger partial charge in [0.25, 0.3) is 5.91 Å². The zero-order valence-corrected chi connectivity index (χ0v) is 14.8. The van der Waals surface area contributed by atoms with Crippen LogP contribution in [0.25, 0.3) is 16.7 Å². The van der Waals surface area contributed by atoms with Crippen molar-refractivity contribution >= 4 is 22.6 Å². The third-order valence-electron chi connectivity index (χ3n) is 5.99. The standard InChI is InChI=1S/C19H22FN5O/c1-19(4-5-24(10-19)9-11-2-3-11)14-8-22-25-16-13(17(21)26)6-12(20)7-15(16)23-18(14)25/h6-8,11,23H,2-5,9-10H2,1H3,(H2,21,26). The third-order valence-corrected chi connectivity index (χ3v) is 5.99. The fourth-order valence-electron chi connectivity index (χ4n) is 4.42. The average Bonchev–Trinajstić information content (AvgIpc) is 2.99. The highest BCUT2D eigenvalue weighted by molar-refractivity contribution is 6.05. The molecule has 2 aromatic heterocycles. The number of aromatic amines is 1. The topological polar surface area (TPSA) is 79.4 Å². The first-order valence-electron chi connectivity index (χ1n) is 9.16. The van der Waals surface area contributed by atoms with Crippen LogP contribution in [0.2, 0.25) is 0 Å². The van der Waals surface area contributed by atoms with Crippen LogP contribution in [0, 0.1) is 11.7 Å². The van der Waals surface area contributed by atoms with Crippen molar-refractivity contribution in [3.8, 4) is 0 Å². The number of fused-ring (bicyclic) bond motifs is 3. The number of halogens is 1. The van der Waals surface area contributed by atoms with Gasteiger partial charge in [-0.3, -0.25) is 4.79 Å². The van der Waals surface area contributed by atoms with Gasteiger partial charge < -0.3 is 15.6 Å². The lowest BCUT2D eigenvalue weighted by Gasteiger charge is -2.23. The van der Waals surface area contributed by atoms with Crippen molar-refractivity contribution in [1.29, 1.82) is 0 Å². The second-order valence-electron chi connectivity index (χ2n) is 8.15. The van der Waals surface area contributed by atoms with Gasteiger partial charge in [0.2, 0.25) is 0 Å². The van der Waals surface area contributed by atoms with Gasteiger partial charge in [0.05, 0.1) is 17.3 Å². The van der Waals surface area contributed by atoms with Gasteiger partial charge >= 0.3 is 0 Å². The summed E-state index contributed by atoms with van der Waals surface area (Å²) in [5, 5.41) is 4.50. The van der Waals surface area contributed by atoms with E-state index in [0.29, 0.717) is 11.0 Å². The quantitative estimate of drug-likeness (QED) is 0.754. The molecule has 1 amide bonds. The summed E-state index contributed by atoms with van der Waals surface area (Å²) in [5.41, 5.74) is 8.61. The van der Waals surface area contributed by atoms with Crippen LogP contribution in [0.3, 0.4) is 0 Å². The predicted molar refractivity (Wildman–Crippen MR) is 96.7 cm³/mol. The summed E-state index contributed by atoms with van der Waals surface area (Å²) in [4.78, 5) is 17.6. The molecule has 5 rings (SSSR count). The summed E-state index contributed by atoms with van der Waals surface area (Å²) < 4.78 is 15.6. The molecule has 3 heterocycles. The Morgan fingerprint density at radius 1 is 1.46 bits per heavy atom. The molecular weight excluding hydrogens is 333 g/mol. The summed E-state index contributed by atoms with van der Waals surface area (Å²) in [7, 11) is 0. The SMILES string of the molecule is CC1(c2cnn3c2[nH]c2cc(F)cc(C(N)=O)c23)CCN(CC2CC2)C1. The number of carbonyl (C=O) groups excluding carboxylic acids is 1. The van der Waals surface area contributed by atoms with Crippen LogP contribution in [0.1, 0.15) is 42.1 Å². The normalized spacial score (nSPS) is 24.1. The molecule has 1 atom stereocenters. The van der Waals surface area contributed by atoms with E-state index in [1.807, 2.05) is 6.20 Å². The molecule has 3 N–H and O–H groups in total. The Balaban J connectivity index is 1.61. The molecule has 2 aliphatic rings. The number of amides is 1. The van der Waals surface area contributed by atoms with E-state index in [2.05, 4.69) is 21.9 Å². The van der Waals surface area contributed by atoms with Crippen molar-refractivity contribution in [3.05, 3.63) is 35.3 Å². The Morgan fingerprint density at radius 3 is 3.00 bits per heavy atom. The van der Waals surface area contributed by atoms with Gasteiger partial charge in [0, 0.05) is 24.1 Å². The minimum Gasteiger partial charge on any atom is -0.366 e. The Hall–Kier alpha value is -2.41. The first-order valence-corrected chi connectivity index (χ1v) is 9.16. The number of nitrogens with one attached hydrogen (secondary N) is 1. The Morgan fingerprint density at radius 2 is 2.27 bits per heavy atom. The maximum atomic E-state index is 13.9. The lowest BCUT2D eigenvalue weighted by atomic mass is 9.83. The molecule has 1 aliphatic carbocycles. The number of imidazole rings is 1. The maximum absolute atomic E-state index is 13.9. The first kappa shape index (κ1) is 15.8. The van der Waals surface area contributed by atoms with E-state index >= 15 is 0 Å². The van der Waals surface area contributed by atoms with Crippen molar-refractivity contribution in [2.75, 3.05) is 19.6 Å². The van der Waals surface area contributed by atoms with Crippen LogP contribution in [-0.2, 0) is 5.41 Å². The number of rotatable bonds is 4. The summed E-state index contributed by atoms with van der Waals surface area (Å²) >= 11 is 0. The van der Waals surface area contributed by atoms with E-state index in [1.54, 1.807) is 4.52 Å². The summed E-state index contributed by atoms with van der Waals surface area (Å²) in [6.45, 7) is 5.53. The molecule has 6 nitrogen and oxygen atoms in total. The molecule has 1 aliphatic heterocycles. The molecule has 1 aromatic carbocycles. The molecule has 136 valence electrons. The zero-order valence-electron chi connectivity index (χ0n) is 14.8. The zero-order chi connectivity index (χ0) is 18.1. The summed E-state index contributed by atoms with van der Waals surface area (Å²) in [6, 6.07) is 2.56. The minimum atomic E-state index is -0.657.